The summed E-state index contributed by atoms with van der Waals surface area (Å²) in [6, 6.07) is 18.7. The summed E-state index contributed by atoms with van der Waals surface area (Å²) < 4.78 is 6.05. The van der Waals surface area contributed by atoms with Gasteiger partial charge in [0.15, 0.2) is 6.23 Å². The Morgan fingerprint density at radius 1 is 1.12 bits per heavy atom. The van der Waals surface area contributed by atoms with Gasteiger partial charge in [-0.3, -0.25) is 15.6 Å². The molecule has 0 radical (unpaired) electrons. The van der Waals surface area contributed by atoms with Crippen LogP contribution in [-0.2, 0) is 11.2 Å². The number of amidine groups is 2. The summed E-state index contributed by atoms with van der Waals surface area (Å²) in [7, 11) is 0. The average molecular weight is 445 g/mol. The van der Waals surface area contributed by atoms with Gasteiger partial charge in [0.05, 0.1) is 11.8 Å². The van der Waals surface area contributed by atoms with Crippen molar-refractivity contribution in [3.8, 4) is 5.75 Å². The van der Waals surface area contributed by atoms with Crippen molar-refractivity contribution in [2.24, 2.45) is 5.73 Å². The smallest absolute Gasteiger partial charge is 0.311 e. The molecule has 1 saturated heterocycles. The van der Waals surface area contributed by atoms with Crippen LogP contribution < -0.4 is 10.5 Å². The minimum Gasteiger partial charge on any atom is -0.481 e. The summed E-state index contributed by atoms with van der Waals surface area (Å²) in [5.41, 5.74) is 7.86. The Hall–Kier alpha value is -3.87. The number of carboxylic acid groups (broad SMARTS) is 1. The van der Waals surface area contributed by atoms with Crippen LogP contribution in [0.5, 0.6) is 5.75 Å². The maximum atomic E-state index is 12.1. The topological polar surface area (TPSA) is 123 Å². The van der Waals surface area contributed by atoms with Crippen LogP contribution in [0, 0.1) is 10.8 Å². The SMILES string of the molecule is CC(=N)N1CCCC1Oc1ccc([C@H](Cc2ccc3ccc(C(=N)N)cc3c2)C(=O)O)cc1. The number of nitrogens with zero attached hydrogens (tertiary/aromatic N) is 1. The Morgan fingerprint density at radius 3 is 2.52 bits per heavy atom. The number of nitrogens with two attached hydrogens (primary N) is 1. The molecule has 0 saturated carbocycles. The van der Waals surface area contributed by atoms with Crippen LogP contribution in [-0.4, -0.2) is 40.4 Å². The van der Waals surface area contributed by atoms with Gasteiger partial charge < -0.3 is 20.5 Å². The predicted molar refractivity (Wildman–Crippen MR) is 129 cm³/mol. The van der Waals surface area contributed by atoms with Gasteiger partial charge in [-0.25, -0.2) is 0 Å². The van der Waals surface area contributed by atoms with E-state index in [1.165, 1.54) is 0 Å². The normalized spacial score (nSPS) is 16.5. The van der Waals surface area contributed by atoms with E-state index in [0.717, 1.165) is 35.7 Å². The molecular weight excluding hydrogens is 416 g/mol. The van der Waals surface area contributed by atoms with Gasteiger partial charge in [-0.05, 0) is 59.9 Å². The molecule has 0 spiro atoms. The van der Waals surface area contributed by atoms with Gasteiger partial charge in [-0.1, -0.05) is 42.5 Å². The zero-order valence-electron chi connectivity index (χ0n) is 18.5. The summed E-state index contributed by atoms with van der Waals surface area (Å²) in [5, 5.41) is 27.4. The van der Waals surface area contributed by atoms with Crippen molar-refractivity contribution in [1.29, 1.82) is 10.8 Å². The third-order valence-corrected chi connectivity index (χ3v) is 6.14. The third kappa shape index (κ3) is 4.98. The van der Waals surface area contributed by atoms with Crippen LogP contribution in [0.3, 0.4) is 0 Å². The number of hydrogen-bond acceptors (Lipinski definition) is 4. The Kier molecular flexibility index (Phi) is 6.31. The second-order valence-electron chi connectivity index (χ2n) is 8.47. The first-order chi connectivity index (χ1) is 15.8. The molecule has 0 bridgehead atoms. The molecule has 5 N–H and O–H groups in total. The lowest BCUT2D eigenvalue weighted by Crippen LogP contribution is -2.37. The minimum atomic E-state index is -0.886. The highest BCUT2D eigenvalue weighted by Gasteiger charge is 2.27. The first kappa shape index (κ1) is 22.3. The molecule has 33 heavy (non-hydrogen) atoms. The van der Waals surface area contributed by atoms with E-state index >= 15 is 0 Å². The summed E-state index contributed by atoms with van der Waals surface area (Å²) >= 11 is 0. The molecule has 7 nitrogen and oxygen atoms in total. The molecule has 4 rings (SSSR count). The molecule has 1 aliphatic heterocycles. The molecule has 2 atom stereocenters. The molecule has 1 unspecified atom stereocenters. The van der Waals surface area contributed by atoms with Crippen LogP contribution in [0.25, 0.3) is 10.8 Å². The first-order valence-electron chi connectivity index (χ1n) is 11.0. The molecule has 1 fully saturated rings. The molecule has 1 heterocycles. The zero-order chi connectivity index (χ0) is 23.5. The van der Waals surface area contributed by atoms with Crippen molar-refractivity contribution in [3.05, 3.63) is 77.4 Å². The monoisotopic (exact) mass is 444 g/mol. The van der Waals surface area contributed by atoms with E-state index in [9.17, 15) is 9.90 Å². The largest absolute Gasteiger partial charge is 0.481 e. The van der Waals surface area contributed by atoms with Crippen molar-refractivity contribution in [2.75, 3.05) is 6.54 Å². The zero-order valence-corrected chi connectivity index (χ0v) is 18.5. The molecule has 0 amide bonds. The highest BCUT2D eigenvalue weighted by Crippen LogP contribution is 2.28. The van der Waals surface area contributed by atoms with Gasteiger partial charge in [-0.15, -0.1) is 0 Å². The maximum absolute atomic E-state index is 12.1. The van der Waals surface area contributed by atoms with Gasteiger partial charge >= 0.3 is 5.97 Å². The fraction of sp³-hybridized carbons (Fsp3) is 0.269. The minimum absolute atomic E-state index is 0.00419. The number of nitrogen functional groups attached to an aromatic ring is 1. The van der Waals surface area contributed by atoms with Gasteiger partial charge in [0.1, 0.15) is 11.6 Å². The van der Waals surface area contributed by atoms with E-state index in [-0.39, 0.29) is 12.1 Å². The van der Waals surface area contributed by atoms with Crippen LogP contribution in [0.2, 0.25) is 0 Å². The molecule has 1 aliphatic rings. The number of likely N-dealkylation sites (tertiary alicyclic amines) is 1. The number of nitrogens with one attached hydrogen (secondary N) is 2. The molecule has 7 heteroatoms. The number of hydrogen-bond donors (Lipinski definition) is 4. The molecular formula is C26H28N4O3. The van der Waals surface area contributed by atoms with Crippen LogP contribution in [0.4, 0.5) is 0 Å². The van der Waals surface area contributed by atoms with Gasteiger partial charge in [0, 0.05) is 18.5 Å². The number of carbonyl (C=O) groups is 1. The maximum Gasteiger partial charge on any atom is 0.311 e. The lowest BCUT2D eigenvalue weighted by molar-refractivity contribution is -0.138. The molecule has 170 valence electrons. The quantitative estimate of drug-likeness (QED) is 0.319. The number of rotatable bonds is 7. The fourth-order valence-corrected chi connectivity index (χ4v) is 4.35. The fourth-order valence-electron chi connectivity index (χ4n) is 4.35. The summed E-state index contributed by atoms with van der Waals surface area (Å²) in [5.74, 6) is -0.416. The molecule has 3 aromatic rings. The molecule has 0 aliphatic carbocycles. The standard InChI is InChI=1S/C26H28N4O3/c1-16(27)30-12-2-3-24(30)33-22-10-8-19(9-11-22)23(26(31)32)14-17-4-5-18-6-7-20(25(28)29)15-21(18)13-17/h4-11,13,15,23-24,27H,2-3,12,14H2,1H3,(H3,28,29)(H,31,32)/t23-,24?/m0/s1. The Morgan fingerprint density at radius 2 is 1.85 bits per heavy atom. The van der Waals surface area contributed by atoms with E-state index in [2.05, 4.69) is 0 Å². The number of ether oxygens (including phenoxy) is 1. The second-order valence-corrected chi connectivity index (χ2v) is 8.47. The number of aliphatic carboxylic acids is 1. The van der Waals surface area contributed by atoms with Gasteiger partial charge in [-0.2, -0.15) is 0 Å². The lowest BCUT2D eigenvalue weighted by atomic mass is 9.91. The van der Waals surface area contributed by atoms with Crippen molar-refractivity contribution in [1.82, 2.24) is 4.90 Å². The number of benzene rings is 3. The second kappa shape index (κ2) is 9.32. The predicted octanol–water partition coefficient (Wildman–Crippen LogP) is 4.33. The van der Waals surface area contributed by atoms with Crippen LogP contribution in [0.15, 0.2) is 60.7 Å². The van der Waals surface area contributed by atoms with Crippen LogP contribution in [0.1, 0.15) is 42.4 Å². The van der Waals surface area contributed by atoms with Crippen LogP contribution >= 0.6 is 0 Å². The van der Waals surface area contributed by atoms with E-state index < -0.39 is 11.9 Å². The highest BCUT2D eigenvalue weighted by atomic mass is 16.5. The van der Waals surface area contributed by atoms with Gasteiger partial charge in [0.25, 0.3) is 0 Å². The third-order valence-electron chi connectivity index (χ3n) is 6.14. The van der Waals surface area contributed by atoms with Crippen molar-refractivity contribution >= 4 is 28.4 Å². The highest BCUT2D eigenvalue weighted by molar-refractivity contribution is 5.99. The summed E-state index contributed by atoms with van der Waals surface area (Å²) in [4.78, 5) is 14.0. The van der Waals surface area contributed by atoms with E-state index in [0.29, 0.717) is 29.1 Å². The van der Waals surface area contributed by atoms with Crippen molar-refractivity contribution in [3.63, 3.8) is 0 Å². The Labute approximate surface area is 192 Å². The van der Waals surface area contributed by atoms with E-state index in [1.54, 1.807) is 31.2 Å². The molecule has 0 aromatic heterocycles. The Bertz CT molecular complexity index is 1210. The average Bonchev–Trinajstić information content (AvgIpc) is 3.26. The Balaban J connectivity index is 1.52. The number of fused-ring (bicyclic) bond motifs is 1. The molecule has 3 aromatic carbocycles. The summed E-state index contributed by atoms with van der Waals surface area (Å²) in [6.45, 7) is 2.58. The van der Waals surface area contributed by atoms with E-state index in [1.807, 2.05) is 41.3 Å². The van der Waals surface area contributed by atoms with E-state index in [4.69, 9.17) is 21.3 Å². The van der Waals surface area contributed by atoms with Crippen molar-refractivity contribution in [2.45, 2.75) is 38.3 Å². The first-order valence-corrected chi connectivity index (χ1v) is 11.0. The summed E-state index contributed by atoms with van der Waals surface area (Å²) in [6.07, 6.45) is 2.04. The lowest BCUT2D eigenvalue weighted by Gasteiger charge is -2.26. The van der Waals surface area contributed by atoms with Crippen molar-refractivity contribution < 1.29 is 14.6 Å². The number of carboxylic acids is 1. The van der Waals surface area contributed by atoms with Gasteiger partial charge in [0.2, 0.25) is 0 Å².